The summed E-state index contributed by atoms with van der Waals surface area (Å²) in [6.07, 6.45) is 0. The van der Waals surface area contributed by atoms with Crippen molar-refractivity contribution >= 4 is 44.5 Å². The van der Waals surface area contributed by atoms with Crippen molar-refractivity contribution in [3.05, 3.63) is 50.6 Å². The fraction of sp³-hybridized carbons (Fsp3) is 0.267. The van der Waals surface area contributed by atoms with Crippen LogP contribution in [0.2, 0.25) is 0 Å². The summed E-state index contributed by atoms with van der Waals surface area (Å²) in [4.78, 5) is 3.98. The van der Waals surface area contributed by atoms with Crippen molar-refractivity contribution in [2.45, 2.75) is 6.54 Å². The maximum absolute atomic E-state index is 5.72. The Hall–Kier alpha value is -0.950. The molecule has 3 nitrogen and oxygen atoms in total. The van der Waals surface area contributed by atoms with Crippen LogP contribution in [0.4, 0.5) is 0 Å². The van der Waals surface area contributed by atoms with Crippen LogP contribution in [-0.2, 0) is 6.54 Å². The van der Waals surface area contributed by atoms with E-state index >= 15 is 0 Å². The third kappa shape index (κ3) is 5.39. The number of thiophene rings is 1. The van der Waals surface area contributed by atoms with Gasteiger partial charge in [-0.2, -0.15) is 0 Å². The molecule has 0 atom stereocenters. The summed E-state index contributed by atoms with van der Waals surface area (Å²) in [7, 11) is 2.09. The van der Waals surface area contributed by atoms with Crippen LogP contribution in [0.25, 0.3) is 0 Å². The van der Waals surface area contributed by atoms with Gasteiger partial charge in [0.05, 0.1) is 0 Å². The predicted molar refractivity (Wildman–Crippen MR) is 96.2 cm³/mol. The monoisotopic (exact) mass is 384 g/mol. The third-order valence-corrected chi connectivity index (χ3v) is 4.85. The predicted octanol–water partition coefficient (Wildman–Crippen LogP) is 3.66. The fourth-order valence-electron chi connectivity index (χ4n) is 1.82. The molecule has 0 bridgehead atoms. The van der Waals surface area contributed by atoms with Crippen LogP contribution in [0.3, 0.4) is 0 Å². The van der Waals surface area contributed by atoms with Crippen molar-refractivity contribution < 1.29 is 4.74 Å². The highest BCUT2D eigenvalue weighted by Crippen LogP contribution is 2.20. The molecule has 0 aliphatic carbocycles. The third-order valence-electron chi connectivity index (χ3n) is 2.93. The van der Waals surface area contributed by atoms with Gasteiger partial charge in [-0.25, -0.2) is 0 Å². The Labute approximate surface area is 142 Å². The van der Waals surface area contributed by atoms with E-state index in [4.69, 9.17) is 22.7 Å². The van der Waals surface area contributed by atoms with Gasteiger partial charge >= 0.3 is 0 Å². The van der Waals surface area contributed by atoms with E-state index in [0.29, 0.717) is 11.6 Å². The number of hydrogen-bond donors (Lipinski definition) is 1. The molecule has 0 saturated heterocycles. The number of nitrogens with zero attached hydrogens (tertiary/aromatic N) is 1. The van der Waals surface area contributed by atoms with Crippen LogP contribution < -0.4 is 10.5 Å². The summed E-state index contributed by atoms with van der Waals surface area (Å²) in [6.45, 7) is 2.45. The number of thiocarbonyl (C=S) groups is 1. The number of halogens is 1. The summed E-state index contributed by atoms with van der Waals surface area (Å²) < 4.78 is 6.87. The highest BCUT2D eigenvalue weighted by Gasteiger charge is 2.04. The highest BCUT2D eigenvalue weighted by atomic mass is 79.9. The zero-order valence-electron chi connectivity index (χ0n) is 11.7. The molecule has 0 fully saturated rings. The summed E-state index contributed by atoms with van der Waals surface area (Å²) in [5.41, 5.74) is 6.42. The minimum absolute atomic E-state index is 0.406. The van der Waals surface area contributed by atoms with Crippen molar-refractivity contribution in [1.29, 1.82) is 0 Å². The van der Waals surface area contributed by atoms with Gasteiger partial charge in [0.2, 0.25) is 0 Å². The molecule has 0 aliphatic rings. The van der Waals surface area contributed by atoms with E-state index in [2.05, 4.69) is 39.3 Å². The molecule has 1 aromatic heterocycles. The van der Waals surface area contributed by atoms with Gasteiger partial charge in [-0.15, -0.1) is 11.3 Å². The first-order valence-corrected chi connectivity index (χ1v) is 8.57. The molecule has 0 unspecified atom stereocenters. The first-order valence-electron chi connectivity index (χ1n) is 6.49. The number of likely N-dealkylation sites (N-methyl/N-ethyl adjacent to an activating group) is 1. The molecule has 0 radical (unpaired) electrons. The van der Waals surface area contributed by atoms with E-state index < -0.39 is 0 Å². The number of hydrogen-bond acceptors (Lipinski definition) is 4. The van der Waals surface area contributed by atoms with Gasteiger partial charge in [0.25, 0.3) is 0 Å². The Bertz CT molecular complexity index is 598. The normalized spacial score (nSPS) is 10.8. The maximum Gasteiger partial charge on any atom is 0.119 e. The molecule has 2 N–H and O–H groups in total. The van der Waals surface area contributed by atoms with Gasteiger partial charge < -0.3 is 10.5 Å². The largest absolute Gasteiger partial charge is 0.492 e. The van der Waals surface area contributed by atoms with Crippen molar-refractivity contribution in [3.63, 3.8) is 0 Å². The molecule has 0 aliphatic heterocycles. The molecule has 0 amide bonds. The van der Waals surface area contributed by atoms with E-state index in [0.717, 1.165) is 28.9 Å². The molecule has 2 rings (SSSR count). The Kier molecular flexibility index (Phi) is 6.17. The lowest BCUT2D eigenvalue weighted by molar-refractivity contribution is 0.234. The van der Waals surface area contributed by atoms with E-state index in [1.807, 2.05) is 24.3 Å². The smallest absolute Gasteiger partial charge is 0.119 e. The van der Waals surface area contributed by atoms with Crippen LogP contribution in [0.15, 0.2) is 40.2 Å². The SMILES string of the molecule is CN(CCOc1ccc(C(N)=S)cc1)Cc1cc(Br)cs1. The summed E-state index contributed by atoms with van der Waals surface area (Å²) in [5.74, 6) is 0.835. The van der Waals surface area contributed by atoms with E-state index in [1.54, 1.807) is 11.3 Å². The molecule has 2 aromatic rings. The van der Waals surface area contributed by atoms with Crippen molar-refractivity contribution in [2.24, 2.45) is 5.73 Å². The molecule has 1 aromatic carbocycles. The molecular weight excluding hydrogens is 368 g/mol. The number of rotatable bonds is 7. The van der Waals surface area contributed by atoms with Gasteiger partial charge in [-0.05, 0) is 53.3 Å². The molecule has 1 heterocycles. The molecule has 6 heteroatoms. The van der Waals surface area contributed by atoms with Gasteiger partial charge in [0.15, 0.2) is 0 Å². The zero-order chi connectivity index (χ0) is 15.2. The standard InChI is InChI=1S/C15H17BrN2OS2/c1-18(9-14-8-12(16)10-21-14)6-7-19-13-4-2-11(3-5-13)15(17)20/h2-5,8,10H,6-7,9H2,1H3,(H2,17,20). The highest BCUT2D eigenvalue weighted by molar-refractivity contribution is 9.10. The van der Waals surface area contributed by atoms with Crippen molar-refractivity contribution in [3.8, 4) is 5.75 Å². The Morgan fingerprint density at radius 3 is 2.67 bits per heavy atom. The summed E-state index contributed by atoms with van der Waals surface area (Å²) in [6, 6.07) is 9.70. The second kappa shape index (κ2) is 7.89. The Morgan fingerprint density at radius 2 is 2.10 bits per heavy atom. The van der Waals surface area contributed by atoms with Crippen LogP contribution in [0.1, 0.15) is 10.4 Å². The number of ether oxygens (including phenoxy) is 1. The number of nitrogens with two attached hydrogens (primary N) is 1. The minimum atomic E-state index is 0.406. The first-order chi connectivity index (χ1) is 10.0. The van der Waals surface area contributed by atoms with Crippen molar-refractivity contribution in [1.82, 2.24) is 4.90 Å². The minimum Gasteiger partial charge on any atom is -0.492 e. The van der Waals surface area contributed by atoms with Gasteiger partial charge in [0, 0.05) is 33.4 Å². The quantitative estimate of drug-likeness (QED) is 0.739. The lowest BCUT2D eigenvalue weighted by Crippen LogP contribution is -2.23. The topological polar surface area (TPSA) is 38.5 Å². The van der Waals surface area contributed by atoms with Crippen molar-refractivity contribution in [2.75, 3.05) is 20.2 Å². The Morgan fingerprint density at radius 1 is 1.38 bits per heavy atom. The van der Waals surface area contributed by atoms with E-state index in [1.165, 1.54) is 4.88 Å². The van der Waals surface area contributed by atoms with Gasteiger partial charge in [0.1, 0.15) is 17.3 Å². The van der Waals surface area contributed by atoms with Crippen LogP contribution >= 0.6 is 39.5 Å². The van der Waals surface area contributed by atoms with E-state index in [9.17, 15) is 0 Å². The Balaban J connectivity index is 1.74. The second-order valence-corrected chi connectivity index (χ2v) is 7.06. The average Bonchev–Trinajstić information content (AvgIpc) is 2.84. The van der Waals surface area contributed by atoms with Crippen LogP contribution in [-0.4, -0.2) is 30.1 Å². The average molecular weight is 385 g/mol. The maximum atomic E-state index is 5.72. The summed E-state index contributed by atoms with van der Waals surface area (Å²) in [5, 5.41) is 2.10. The zero-order valence-corrected chi connectivity index (χ0v) is 14.9. The van der Waals surface area contributed by atoms with Crippen LogP contribution in [0, 0.1) is 0 Å². The molecule has 21 heavy (non-hydrogen) atoms. The molecule has 112 valence electrons. The van der Waals surface area contributed by atoms with Gasteiger partial charge in [-0.1, -0.05) is 12.2 Å². The lowest BCUT2D eigenvalue weighted by atomic mass is 10.2. The molecule has 0 spiro atoms. The molecular formula is C15H17BrN2OS2. The van der Waals surface area contributed by atoms with Crippen LogP contribution in [0.5, 0.6) is 5.75 Å². The molecule has 0 saturated carbocycles. The lowest BCUT2D eigenvalue weighted by Gasteiger charge is -2.16. The number of benzene rings is 1. The summed E-state index contributed by atoms with van der Waals surface area (Å²) >= 11 is 10.1. The van der Waals surface area contributed by atoms with E-state index in [-0.39, 0.29) is 0 Å². The fourth-order valence-corrected chi connectivity index (χ4v) is 3.48. The second-order valence-electron chi connectivity index (χ2n) is 4.71. The van der Waals surface area contributed by atoms with Gasteiger partial charge in [-0.3, -0.25) is 4.90 Å². The first kappa shape index (κ1) is 16.4.